The van der Waals surface area contributed by atoms with Crippen LogP contribution < -0.4 is 0 Å². The molecule has 4 N–H and O–H groups in total. The summed E-state index contributed by atoms with van der Waals surface area (Å²) < 4.78 is 0.390. The van der Waals surface area contributed by atoms with E-state index in [0.29, 0.717) is 16.3 Å². The van der Waals surface area contributed by atoms with Crippen LogP contribution in [0.1, 0.15) is 0 Å². The van der Waals surface area contributed by atoms with Crippen LogP contribution in [0, 0.1) is 4.77 Å². The van der Waals surface area contributed by atoms with Gasteiger partial charge < -0.3 is 10.2 Å². The number of nitrogens with zero attached hydrogens (tertiary/aromatic N) is 3. The minimum Gasteiger partial charge on any atom is -0.508 e. The van der Waals surface area contributed by atoms with Crippen molar-refractivity contribution in [1.29, 1.82) is 0 Å². The van der Waals surface area contributed by atoms with E-state index in [4.69, 9.17) is 12.2 Å². The number of benzene rings is 2. The molecule has 8 heteroatoms. The number of phenols is 2. The molecule has 0 aliphatic rings. The van der Waals surface area contributed by atoms with Crippen LogP contribution in [0.5, 0.6) is 11.5 Å². The maximum absolute atomic E-state index is 9.62. The summed E-state index contributed by atoms with van der Waals surface area (Å²) in [5, 5.41) is 32.4. The lowest BCUT2D eigenvalue weighted by Gasteiger charge is -1.99. The largest absolute Gasteiger partial charge is 0.508 e. The van der Waals surface area contributed by atoms with Crippen LogP contribution in [0.15, 0.2) is 52.7 Å². The fourth-order valence-electron chi connectivity index (χ4n) is 1.80. The number of rotatable bonds is 3. The first-order valence-corrected chi connectivity index (χ1v) is 6.71. The fourth-order valence-corrected chi connectivity index (χ4v) is 1.94. The van der Waals surface area contributed by atoms with E-state index in [2.05, 4.69) is 25.4 Å². The van der Waals surface area contributed by atoms with Crippen molar-refractivity contribution in [2.45, 2.75) is 0 Å². The van der Waals surface area contributed by atoms with Gasteiger partial charge in [0.1, 0.15) is 17.2 Å². The molecule has 3 rings (SSSR count). The third-order valence-corrected chi connectivity index (χ3v) is 3.07. The second-order valence-electron chi connectivity index (χ2n) is 4.44. The Balaban J connectivity index is 1.81. The van der Waals surface area contributed by atoms with Gasteiger partial charge in [0.2, 0.25) is 4.77 Å². The Labute approximate surface area is 130 Å². The molecule has 0 aliphatic heterocycles. The molecule has 0 fully saturated rings. The van der Waals surface area contributed by atoms with Crippen molar-refractivity contribution in [3.8, 4) is 22.9 Å². The van der Waals surface area contributed by atoms with E-state index in [1.165, 1.54) is 18.2 Å². The van der Waals surface area contributed by atoms with Gasteiger partial charge in [-0.05, 0) is 48.6 Å². The summed E-state index contributed by atoms with van der Waals surface area (Å²) in [4.78, 5) is 4.12. The van der Waals surface area contributed by atoms with E-state index in [9.17, 15) is 10.2 Å². The maximum atomic E-state index is 9.62. The van der Waals surface area contributed by atoms with Crippen LogP contribution in [0.3, 0.4) is 0 Å². The molecule has 1 heterocycles. The first-order valence-electron chi connectivity index (χ1n) is 6.31. The normalized spacial score (nSPS) is 11.1. The van der Waals surface area contributed by atoms with Crippen molar-refractivity contribution in [2.24, 2.45) is 10.2 Å². The Bertz CT molecular complexity index is 883. The SMILES string of the molecule is Oc1ccc(N=Nc2ccc(-c3nc(=S)[nH][nH]3)cc2)c(O)c1. The molecule has 7 nitrogen and oxygen atoms in total. The summed E-state index contributed by atoms with van der Waals surface area (Å²) in [6.45, 7) is 0. The highest BCUT2D eigenvalue weighted by atomic mass is 32.1. The summed E-state index contributed by atoms with van der Waals surface area (Å²) in [6, 6.07) is 11.3. The van der Waals surface area contributed by atoms with Gasteiger partial charge in [-0.15, -0.1) is 5.11 Å². The molecule has 0 saturated heterocycles. The molecule has 2 aromatic carbocycles. The molecule has 0 unspecified atom stereocenters. The molecule has 0 spiro atoms. The maximum Gasteiger partial charge on any atom is 0.213 e. The third-order valence-electron chi connectivity index (χ3n) is 2.87. The third kappa shape index (κ3) is 3.01. The first kappa shape index (κ1) is 14.0. The first-order chi connectivity index (χ1) is 10.6. The second-order valence-corrected chi connectivity index (χ2v) is 4.82. The molecule has 110 valence electrons. The van der Waals surface area contributed by atoms with Crippen LogP contribution in [0.25, 0.3) is 11.4 Å². The van der Waals surface area contributed by atoms with Crippen LogP contribution in [0.4, 0.5) is 11.4 Å². The van der Waals surface area contributed by atoms with Gasteiger partial charge in [-0.1, -0.05) is 0 Å². The van der Waals surface area contributed by atoms with E-state index < -0.39 is 0 Å². The molecular weight excluding hydrogens is 302 g/mol. The molecule has 1 aromatic heterocycles. The van der Waals surface area contributed by atoms with Crippen molar-refractivity contribution in [2.75, 3.05) is 0 Å². The van der Waals surface area contributed by atoms with Crippen molar-refractivity contribution in [1.82, 2.24) is 15.2 Å². The number of phenolic OH excluding ortho intramolecular Hbond substituents is 2. The highest BCUT2D eigenvalue weighted by molar-refractivity contribution is 7.71. The van der Waals surface area contributed by atoms with Crippen LogP contribution in [-0.2, 0) is 0 Å². The fraction of sp³-hybridized carbons (Fsp3) is 0. The number of hydrogen-bond acceptors (Lipinski definition) is 6. The minimum absolute atomic E-state index is 0.0304. The number of aromatic hydroxyl groups is 2. The molecule has 0 radical (unpaired) electrons. The molecule has 3 aromatic rings. The van der Waals surface area contributed by atoms with E-state index in [1.54, 1.807) is 12.1 Å². The zero-order valence-electron chi connectivity index (χ0n) is 11.2. The Morgan fingerprint density at radius 3 is 2.36 bits per heavy atom. The van der Waals surface area contributed by atoms with E-state index in [0.717, 1.165) is 5.56 Å². The molecule has 22 heavy (non-hydrogen) atoms. The van der Waals surface area contributed by atoms with Crippen molar-refractivity contribution in [3.05, 3.63) is 47.2 Å². The lowest BCUT2D eigenvalue weighted by Crippen LogP contribution is -1.79. The topological polar surface area (TPSA) is 110 Å². The highest BCUT2D eigenvalue weighted by Crippen LogP contribution is 2.31. The molecule has 0 saturated carbocycles. The van der Waals surface area contributed by atoms with Crippen molar-refractivity contribution >= 4 is 23.6 Å². The average Bonchev–Trinajstić information content (AvgIpc) is 2.93. The van der Waals surface area contributed by atoms with Gasteiger partial charge in [-0.2, -0.15) is 10.1 Å². The summed E-state index contributed by atoms with van der Waals surface area (Å²) in [5.41, 5.74) is 1.75. The van der Waals surface area contributed by atoms with Gasteiger partial charge in [0.25, 0.3) is 0 Å². The summed E-state index contributed by atoms with van der Waals surface area (Å²) >= 11 is 4.90. The number of azo groups is 1. The zero-order valence-corrected chi connectivity index (χ0v) is 12.0. The predicted octanol–water partition coefficient (Wildman–Crippen LogP) is 3.96. The lowest BCUT2D eigenvalue weighted by atomic mass is 10.2. The molecular formula is C14H11N5O2S. The standard InChI is InChI=1S/C14H11N5O2S/c20-10-5-6-11(12(21)7-10)17-16-9-3-1-8(2-4-9)13-15-14(22)19-18-13/h1-7,20-21H,(H2,15,18,19,22). The van der Waals surface area contributed by atoms with Gasteiger partial charge in [0.05, 0.1) is 5.69 Å². The van der Waals surface area contributed by atoms with E-state index in [1.807, 2.05) is 12.1 Å². The number of aromatic nitrogens is 3. The zero-order chi connectivity index (χ0) is 15.5. The summed E-state index contributed by atoms with van der Waals surface area (Å²) in [6.07, 6.45) is 0. The van der Waals surface area contributed by atoms with Gasteiger partial charge in [0.15, 0.2) is 5.82 Å². The monoisotopic (exact) mass is 313 g/mol. The van der Waals surface area contributed by atoms with Crippen molar-refractivity contribution < 1.29 is 10.2 Å². The van der Waals surface area contributed by atoms with E-state index >= 15 is 0 Å². The van der Waals surface area contributed by atoms with Crippen LogP contribution >= 0.6 is 12.2 Å². The van der Waals surface area contributed by atoms with Gasteiger partial charge in [-0.3, -0.25) is 10.2 Å². The second kappa shape index (κ2) is 5.78. The summed E-state index contributed by atoms with van der Waals surface area (Å²) in [5.74, 6) is 0.478. The van der Waals surface area contributed by atoms with Gasteiger partial charge >= 0.3 is 0 Å². The Morgan fingerprint density at radius 2 is 1.73 bits per heavy atom. The number of nitrogens with one attached hydrogen (secondary N) is 2. The quantitative estimate of drug-likeness (QED) is 0.433. The minimum atomic E-state index is -0.135. The highest BCUT2D eigenvalue weighted by Gasteiger charge is 2.02. The smallest absolute Gasteiger partial charge is 0.213 e. The number of hydrogen-bond donors (Lipinski definition) is 4. The molecule has 0 atom stereocenters. The van der Waals surface area contributed by atoms with Crippen LogP contribution in [0.2, 0.25) is 0 Å². The Morgan fingerprint density at radius 1 is 0.955 bits per heavy atom. The van der Waals surface area contributed by atoms with E-state index in [-0.39, 0.29) is 17.2 Å². The lowest BCUT2D eigenvalue weighted by molar-refractivity contribution is 0.451. The summed E-state index contributed by atoms with van der Waals surface area (Å²) in [7, 11) is 0. The number of H-pyrrole nitrogens is 2. The predicted molar refractivity (Wildman–Crippen MR) is 83.2 cm³/mol. The Kier molecular flexibility index (Phi) is 3.67. The number of aromatic amines is 2. The van der Waals surface area contributed by atoms with Crippen molar-refractivity contribution in [3.63, 3.8) is 0 Å². The molecule has 0 aliphatic carbocycles. The molecule has 0 bridgehead atoms. The van der Waals surface area contributed by atoms with Gasteiger partial charge in [-0.25, -0.2) is 0 Å². The Hall–Kier alpha value is -3.00. The van der Waals surface area contributed by atoms with Crippen LogP contribution in [-0.4, -0.2) is 25.4 Å². The molecule has 0 amide bonds. The van der Waals surface area contributed by atoms with Gasteiger partial charge in [0, 0.05) is 11.6 Å². The average molecular weight is 313 g/mol.